The van der Waals surface area contributed by atoms with Crippen molar-refractivity contribution in [3.63, 3.8) is 0 Å². The lowest BCUT2D eigenvalue weighted by Gasteiger charge is -2.47. The molecule has 4 atom stereocenters. The third-order valence-corrected chi connectivity index (χ3v) is 6.74. The molecule has 1 aliphatic rings. The molecule has 230 valence electrons. The van der Waals surface area contributed by atoms with Crippen molar-refractivity contribution >= 4 is 40.4 Å². The lowest BCUT2D eigenvalue weighted by molar-refractivity contribution is -0.305. The zero-order valence-corrected chi connectivity index (χ0v) is 24.1. The fourth-order valence-corrected chi connectivity index (χ4v) is 4.72. The van der Waals surface area contributed by atoms with Gasteiger partial charge in [0.2, 0.25) is 12.2 Å². The maximum absolute atomic E-state index is 12.7. The highest BCUT2D eigenvalue weighted by molar-refractivity contribution is 6.99. The molecule has 1 saturated heterocycles. The molecule has 1 fully saturated rings. The number of hydrogen-bond acceptors (Lipinski definition) is 15. The van der Waals surface area contributed by atoms with E-state index in [-0.39, 0.29) is 34.8 Å². The molecule has 0 radical (unpaired) electrons. The van der Waals surface area contributed by atoms with Crippen molar-refractivity contribution in [2.75, 3.05) is 25.6 Å². The molecule has 3 heterocycles. The molecule has 3 aromatic rings. The Kier molecular flexibility index (Phi) is 9.68. The van der Waals surface area contributed by atoms with Crippen molar-refractivity contribution in [2.45, 2.75) is 51.0 Å². The van der Waals surface area contributed by atoms with Gasteiger partial charge in [-0.2, -0.15) is 9.85 Å². The summed E-state index contributed by atoms with van der Waals surface area (Å²) in [7, 11) is 1.36. The first-order valence-electron chi connectivity index (χ1n) is 12.5. The highest BCUT2D eigenvalue weighted by atomic mass is 32.1. The molecule has 4 N–H and O–H groups in total. The number of hydrogen-bond donors (Lipinski definition) is 4. The number of aryl methyl sites for hydroxylation is 1. The molecule has 0 aliphatic carbocycles. The second kappa shape index (κ2) is 13.2. The van der Waals surface area contributed by atoms with Gasteiger partial charge in [-0.1, -0.05) is 5.92 Å². The van der Waals surface area contributed by atoms with Crippen LogP contribution in [0.5, 0.6) is 17.4 Å². The number of carbonyl (C=O) groups is 2. The minimum Gasteiger partial charge on any atom is -0.505 e. The van der Waals surface area contributed by atoms with Crippen molar-refractivity contribution in [1.82, 2.24) is 14.2 Å². The summed E-state index contributed by atoms with van der Waals surface area (Å²) in [6.45, 7) is 4.12. The predicted molar refractivity (Wildman–Crippen MR) is 147 cm³/mol. The van der Waals surface area contributed by atoms with Crippen LogP contribution in [0.25, 0.3) is 11.0 Å². The molecule has 16 nitrogen and oxygen atoms in total. The normalized spacial score (nSPS) is 21.0. The number of rotatable bonds is 10. The predicted octanol–water partition coefficient (Wildman–Crippen LogP) is 1.23. The Morgan fingerprint density at radius 2 is 2.07 bits per heavy atom. The van der Waals surface area contributed by atoms with Crippen LogP contribution in [-0.4, -0.2) is 81.5 Å². The molecule has 0 spiro atoms. The van der Waals surface area contributed by atoms with Crippen molar-refractivity contribution in [3.8, 4) is 29.7 Å². The van der Waals surface area contributed by atoms with Crippen LogP contribution in [-0.2, 0) is 23.8 Å². The minimum absolute atomic E-state index is 0.0556. The summed E-state index contributed by atoms with van der Waals surface area (Å²) in [5.74, 6) is 1.11. The monoisotopic (exact) mass is 620 g/mol. The van der Waals surface area contributed by atoms with Crippen LogP contribution in [0.2, 0.25) is 0 Å². The largest absolute Gasteiger partial charge is 0.505 e. The molecule has 2 aromatic heterocycles. The van der Waals surface area contributed by atoms with Crippen LogP contribution >= 0.6 is 11.7 Å². The van der Waals surface area contributed by atoms with E-state index in [0.29, 0.717) is 0 Å². The Bertz CT molecular complexity index is 1570. The zero-order chi connectivity index (χ0) is 31.3. The average Bonchev–Trinajstić information content (AvgIpc) is 3.48. The van der Waals surface area contributed by atoms with Gasteiger partial charge in [0.15, 0.2) is 30.3 Å². The molecule has 0 bridgehead atoms. The first-order valence-corrected chi connectivity index (χ1v) is 13.3. The molecule has 1 aromatic carbocycles. The highest BCUT2D eigenvalue weighted by Crippen LogP contribution is 2.38. The summed E-state index contributed by atoms with van der Waals surface area (Å²) in [6.07, 6.45) is 0.204. The quantitative estimate of drug-likeness (QED) is 0.109. The second-order valence-electron chi connectivity index (χ2n) is 9.58. The van der Waals surface area contributed by atoms with Crippen LogP contribution in [0.15, 0.2) is 27.5 Å². The zero-order valence-electron chi connectivity index (χ0n) is 23.3. The molecule has 2 amide bonds. The molecular formula is C26H28N4O12S. The van der Waals surface area contributed by atoms with Gasteiger partial charge in [0, 0.05) is 12.7 Å². The van der Waals surface area contributed by atoms with Gasteiger partial charge >= 0.3 is 11.7 Å². The number of ether oxygens (including phenoxy) is 5. The Hall–Kier alpha value is -4.47. The molecule has 4 rings (SSSR count). The maximum atomic E-state index is 12.7. The maximum Gasteiger partial charge on any atom is 0.431 e. The summed E-state index contributed by atoms with van der Waals surface area (Å²) in [5, 5.41) is 24.2. The molecule has 1 aliphatic heterocycles. The van der Waals surface area contributed by atoms with Gasteiger partial charge in [0.1, 0.15) is 30.2 Å². The van der Waals surface area contributed by atoms with E-state index in [1.54, 1.807) is 13.8 Å². The van der Waals surface area contributed by atoms with E-state index in [0.717, 1.165) is 11.7 Å². The van der Waals surface area contributed by atoms with E-state index >= 15 is 0 Å². The Morgan fingerprint density at radius 3 is 2.74 bits per heavy atom. The van der Waals surface area contributed by atoms with Crippen LogP contribution < -0.4 is 25.9 Å². The number of aliphatic hydroxyl groups is 1. The summed E-state index contributed by atoms with van der Waals surface area (Å²) in [5.41, 5.74) is -0.470. The van der Waals surface area contributed by atoms with E-state index in [2.05, 4.69) is 20.0 Å². The van der Waals surface area contributed by atoms with Crippen LogP contribution in [0.4, 0.5) is 10.5 Å². The van der Waals surface area contributed by atoms with Gasteiger partial charge < -0.3 is 43.6 Å². The first kappa shape index (κ1) is 31.5. The summed E-state index contributed by atoms with van der Waals surface area (Å²) < 4.78 is 40.8. The third-order valence-electron chi connectivity index (χ3n) is 6.27. The number of aromatic nitrogens is 2. The van der Waals surface area contributed by atoms with Crippen molar-refractivity contribution in [2.24, 2.45) is 0 Å². The van der Waals surface area contributed by atoms with Crippen LogP contribution in [0, 0.1) is 19.3 Å². The summed E-state index contributed by atoms with van der Waals surface area (Å²) in [6, 6.07) is 2.81. The number of amides is 2. The smallest absolute Gasteiger partial charge is 0.431 e. The number of aromatic hydroxyl groups is 1. The highest BCUT2D eigenvalue weighted by Gasteiger charge is 2.53. The fraction of sp³-hybridized carbons (Fsp3) is 0.423. The molecular weight excluding hydrogens is 592 g/mol. The van der Waals surface area contributed by atoms with Crippen molar-refractivity contribution in [3.05, 3.63) is 34.3 Å². The number of nitrogens with one attached hydrogen (secondary N) is 2. The minimum atomic E-state index is -1.56. The summed E-state index contributed by atoms with van der Waals surface area (Å²) in [4.78, 5) is 42.0. The van der Waals surface area contributed by atoms with Crippen molar-refractivity contribution in [1.29, 1.82) is 0 Å². The molecule has 17 heteroatoms. The number of fused-ring (bicyclic) bond motifs is 1. The van der Waals surface area contributed by atoms with E-state index in [4.69, 9.17) is 39.4 Å². The van der Waals surface area contributed by atoms with Gasteiger partial charge in [-0.25, -0.2) is 9.59 Å². The van der Waals surface area contributed by atoms with E-state index in [1.165, 1.54) is 32.4 Å². The number of methoxy groups -OCH3 is 1. The molecule has 0 unspecified atom stereocenters. The SMILES string of the molecule is C#CCONC(=O)O[C@H]1[C@@H](O)[C@H](Oc2ccc3c(O)c(NC(=O)COc4cnsn4)c(=O)oc3c2C)OC(C)(C)[C@@H]1OC. The number of terminal acetylenes is 1. The number of aliphatic hydroxyl groups excluding tert-OH is 1. The standard InChI is InChI=1S/C26H28N4O12S/c1-6-9-38-29-25(35)41-21-19(33)24(42-26(3,4)22(21)36-5)39-14-8-7-13-18(32)17(23(34)40-20(13)12(14)2)28-15(31)11-37-16-10-27-43-30-16/h1,7-8,10,19,21-22,24,32-33H,9,11H2,2-5H3,(H,28,31)(H,29,35)/t19-,21+,22-,24-/m1/s1. The number of benzene rings is 1. The van der Waals surface area contributed by atoms with Crippen LogP contribution in [0.3, 0.4) is 0 Å². The van der Waals surface area contributed by atoms with E-state index in [1.807, 2.05) is 5.48 Å². The van der Waals surface area contributed by atoms with Gasteiger partial charge in [0.05, 0.1) is 22.7 Å². The van der Waals surface area contributed by atoms with Crippen molar-refractivity contribution < 1.29 is 52.7 Å². The second-order valence-corrected chi connectivity index (χ2v) is 10.1. The first-order chi connectivity index (χ1) is 20.5. The van der Waals surface area contributed by atoms with Gasteiger partial charge in [-0.3, -0.25) is 9.63 Å². The average molecular weight is 621 g/mol. The lowest BCUT2D eigenvalue weighted by Crippen LogP contribution is -2.65. The van der Waals surface area contributed by atoms with E-state index in [9.17, 15) is 24.6 Å². The van der Waals surface area contributed by atoms with Gasteiger partial charge in [-0.05, 0) is 32.9 Å². The number of carbonyl (C=O) groups excluding carboxylic acids is 2. The lowest BCUT2D eigenvalue weighted by atomic mass is 9.89. The Morgan fingerprint density at radius 1 is 1.30 bits per heavy atom. The van der Waals surface area contributed by atoms with Crippen LogP contribution in [0.1, 0.15) is 19.4 Å². The number of hydroxylamine groups is 1. The molecule has 0 saturated carbocycles. The van der Waals surface area contributed by atoms with E-state index < -0.39 is 65.9 Å². The number of nitrogens with zero attached hydrogens (tertiary/aromatic N) is 2. The fourth-order valence-electron chi connectivity index (χ4n) is 4.36. The molecule has 43 heavy (non-hydrogen) atoms. The van der Waals surface area contributed by atoms with Gasteiger partial charge in [0.25, 0.3) is 5.91 Å². The third kappa shape index (κ3) is 6.96. The Labute approximate surface area is 248 Å². The summed E-state index contributed by atoms with van der Waals surface area (Å²) >= 11 is 0.890. The topological polar surface area (TPSA) is 210 Å². The number of anilines is 1. The van der Waals surface area contributed by atoms with Gasteiger partial charge in [-0.15, -0.1) is 10.8 Å². The Balaban J connectivity index is 1.55.